The Bertz CT molecular complexity index is 190. The normalized spacial score (nSPS) is 18.2. The summed E-state index contributed by atoms with van der Waals surface area (Å²) < 4.78 is 0.317. The molecule has 0 bridgehead atoms. The molecule has 0 fully saturated rings. The molecule has 0 radical (unpaired) electrons. The van der Waals surface area contributed by atoms with Crippen molar-refractivity contribution in [3.05, 3.63) is 0 Å². The van der Waals surface area contributed by atoms with Crippen molar-refractivity contribution in [3.63, 3.8) is 0 Å². The van der Waals surface area contributed by atoms with E-state index in [1.807, 2.05) is 24.9 Å². The smallest absolute Gasteiger partial charge is 0.0833 e. The molecule has 0 aliphatic carbocycles. The maximum absolute atomic E-state index is 10.0. The molecule has 0 aliphatic heterocycles. The van der Waals surface area contributed by atoms with Crippen LogP contribution < -0.4 is 5.32 Å². The van der Waals surface area contributed by atoms with E-state index >= 15 is 0 Å². The first kappa shape index (κ1) is 16.6. The van der Waals surface area contributed by atoms with Gasteiger partial charge in [0, 0.05) is 28.8 Å². The first-order chi connectivity index (χ1) is 7.16. The van der Waals surface area contributed by atoms with Gasteiger partial charge in [0.2, 0.25) is 0 Å². The summed E-state index contributed by atoms with van der Waals surface area (Å²) in [6, 6.07) is 0.442. The van der Waals surface area contributed by atoms with Crippen molar-refractivity contribution >= 4 is 23.5 Å². The van der Waals surface area contributed by atoms with Gasteiger partial charge in [-0.2, -0.15) is 23.5 Å². The van der Waals surface area contributed by atoms with E-state index in [1.165, 1.54) is 0 Å². The van der Waals surface area contributed by atoms with Crippen molar-refractivity contribution in [1.29, 1.82) is 0 Å². The predicted octanol–water partition coefficient (Wildman–Crippen LogP) is 2.61. The van der Waals surface area contributed by atoms with Crippen LogP contribution >= 0.6 is 23.5 Å². The van der Waals surface area contributed by atoms with Gasteiger partial charge in [0.1, 0.15) is 0 Å². The third-order valence-electron chi connectivity index (χ3n) is 2.05. The van der Waals surface area contributed by atoms with Gasteiger partial charge in [0.15, 0.2) is 0 Å². The van der Waals surface area contributed by atoms with Crippen molar-refractivity contribution in [2.75, 3.05) is 24.3 Å². The second kappa shape index (κ2) is 7.14. The van der Waals surface area contributed by atoms with Crippen molar-refractivity contribution in [3.8, 4) is 0 Å². The molecule has 0 aromatic heterocycles. The minimum Gasteiger partial charge on any atom is -0.388 e. The quantitative estimate of drug-likeness (QED) is 0.741. The molecular weight excluding hydrogens is 238 g/mol. The van der Waals surface area contributed by atoms with E-state index in [0.29, 0.717) is 17.3 Å². The minimum absolute atomic E-state index is 0.317. The average Bonchev–Trinajstić information content (AvgIpc) is 2.10. The molecule has 2 unspecified atom stereocenters. The van der Waals surface area contributed by atoms with Crippen LogP contribution in [0.3, 0.4) is 0 Å². The summed E-state index contributed by atoms with van der Waals surface area (Å²) in [5.41, 5.74) is -0.597. The van der Waals surface area contributed by atoms with E-state index in [2.05, 4.69) is 33.0 Å². The van der Waals surface area contributed by atoms with E-state index in [-0.39, 0.29) is 0 Å². The maximum atomic E-state index is 10.0. The van der Waals surface area contributed by atoms with Crippen molar-refractivity contribution in [2.24, 2.45) is 0 Å². The summed E-state index contributed by atoms with van der Waals surface area (Å²) in [4.78, 5) is 0. The fraction of sp³-hybridized carbons (Fsp3) is 1.00. The van der Waals surface area contributed by atoms with Crippen LogP contribution in [0, 0.1) is 0 Å². The van der Waals surface area contributed by atoms with Gasteiger partial charge in [-0.1, -0.05) is 20.8 Å². The summed E-state index contributed by atoms with van der Waals surface area (Å²) in [5, 5.41) is 13.4. The molecule has 0 heterocycles. The van der Waals surface area contributed by atoms with Crippen LogP contribution in [-0.4, -0.2) is 45.8 Å². The van der Waals surface area contributed by atoms with Gasteiger partial charge in [-0.3, -0.25) is 0 Å². The standard InChI is InChI=1S/C12H27NOS2/c1-10(7-16-11(2,3)4)13-8-12(5,14)9-15-6/h10,13-14H,7-9H2,1-6H3. The summed E-state index contributed by atoms with van der Waals surface area (Å²) in [7, 11) is 0. The van der Waals surface area contributed by atoms with Gasteiger partial charge in [0.05, 0.1) is 5.60 Å². The zero-order valence-corrected chi connectivity index (χ0v) is 13.1. The van der Waals surface area contributed by atoms with Crippen LogP contribution in [-0.2, 0) is 0 Å². The Labute approximate surface area is 109 Å². The number of aliphatic hydroxyl groups is 1. The fourth-order valence-corrected chi connectivity index (χ4v) is 2.78. The van der Waals surface area contributed by atoms with Crippen LogP contribution in [0.2, 0.25) is 0 Å². The minimum atomic E-state index is -0.597. The molecule has 16 heavy (non-hydrogen) atoms. The SMILES string of the molecule is CSCC(C)(O)CNC(C)CSC(C)(C)C. The second-order valence-electron chi connectivity index (χ2n) is 5.64. The number of rotatable bonds is 7. The van der Waals surface area contributed by atoms with Crippen LogP contribution in [0.25, 0.3) is 0 Å². The van der Waals surface area contributed by atoms with Crippen molar-refractivity contribution in [1.82, 2.24) is 5.32 Å². The number of hydrogen-bond donors (Lipinski definition) is 2. The summed E-state index contributed by atoms with van der Waals surface area (Å²) in [6.07, 6.45) is 2.02. The van der Waals surface area contributed by atoms with Crippen LogP contribution in [0.15, 0.2) is 0 Å². The van der Waals surface area contributed by atoms with E-state index in [4.69, 9.17) is 0 Å². The summed E-state index contributed by atoms with van der Waals surface area (Å²) >= 11 is 3.64. The highest BCUT2D eigenvalue weighted by atomic mass is 32.2. The van der Waals surface area contributed by atoms with E-state index in [9.17, 15) is 5.11 Å². The molecular formula is C12H27NOS2. The molecule has 0 aliphatic rings. The van der Waals surface area contributed by atoms with Gasteiger partial charge < -0.3 is 10.4 Å². The lowest BCUT2D eigenvalue weighted by atomic mass is 10.1. The lowest BCUT2D eigenvalue weighted by Crippen LogP contribution is -2.44. The third kappa shape index (κ3) is 9.82. The highest BCUT2D eigenvalue weighted by Crippen LogP contribution is 2.23. The Balaban J connectivity index is 3.76. The Hall–Kier alpha value is 0.620. The summed E-state index contributed by atoms with van der Waals surface area (Å²) in [6.45, 7) is 11.4. The summed E-state index contributed by atoms with van der Waals surface area (Å²) in [5.74, 6) is 1.86. The topological polar surface area (TPSA) is 32.3 Å². The Kier molecular flexibility index (Phi) is 7.42. The number of hydrogen-bond acceptors (Lipinski definition) is 4. The highest BCUT2D eigenvalue weighted by Gasteiger charge is 2.20. The molecule has 0 aromatic carbocycles. The molecule has 98 valence electrons. The average molecular weight is 265 g/mol. The molecule has 0 saturated heterocycles. The van der Waals surface area contributed by atoms with Gasteiger partial charge in [-0.05, 0) is 20.1 Å². The van der Waals surface area contributed by atoms with Gasteiger partial charge in [0.25, 0.3) is 0 Å². The first-order valence-corrected chi connectivity index (χ1v) is 8.13. The van der Waals surface area contributed by atoms with Crippen LogP contribution in [0.5, 0.6) is 0 Å². The molecule has 0 saturated carbocycles. The van der Waals surface area contributed by atoms with E-state index < -0.39 is 5.60 Å². The second-order valence-corrected chi connectivity index (χ2v) is 8.35. The molecule has 0 rings (SSSR count). The van der Waals surface area contributed by atoms with E-state index in [1.54, 1.807) is 11.8 Å². The molecule has 4 heteroatoms. The molecule has 2 atom stereocenters. The number of thioether (sulfide) groups is 2. The molecule has 0 spiro atoms. The largest absolute Gasteiger partial charge is 0.388 e. The third-order valence-corrected chi connectivity index (χ3v) is 4.50. The Morgan fingerprint density at radius 2 is 1.81 bits per heavy atom. The van der Waals surface area contributed by atoms with Crippen molar-refractivity contribution < 1.29 is 5.11 Å². The Morgan fingerprint density at radius 1 is 1.25 bits per heavy atom. The first-order valence-electron chi connectivity index (χ1n) is 5.75. The van der Waals surface area contributed by atoms with E-state index in [0.717, 1.165) is 11.5 Å². The van der Waals surface area contributed by atoms with Gasteiger partial charge in [-0.25, -0.2) is 0 Å². The highest BCUT2D eigenvalue weighted by molar-refractivity contribution is 8.00. The molecule has 0 aromatic rings. The van der Waals surface area contributed by atoms with Crippen molar-refractivity contribution in [2.45, 2.75) is 51.0 Å². The van der Waals surface area contributed by atoms with Gasteiger partial charge >= 0.3 is 0 Å². The molecule has 2 nitrogen and oxygen atoms in total. The van der Waals surface area contributed by atoms with Crippen LogP contribution in [0.4, 0.5) is 0 Å². The maximum Gasteiger partial charge on any atom is 0.0833 e. The Morgan fingerprint density at radius 3 is 2.25 bits per heavy atom. The van der Waals surface area contributed by atoms with Crippen LogP contribution in [0.1, 0.15) is 34.6 Å². The number of nitrogens with one attached hydrogen (secondary N) is 1. The molecule has 2 N–H and O–H groups in total. The lowest BCUT2D eigenvalue weighted by Gasteiger charge is -2.26. The fourth-order valence-electron chi connectivity index (χ4n) is 1.19. The molecule has 0 amide bonds. The monoisotopic (exact) mass is 265 g/mol. The zero-order chi connectivity index (χ0) is 12.8. The zero-order valence-electron chi connectivity index (χ0n) is 11.5. The lowest BCUT2D eigenvalue weighted by molar-refractivity contribution is 0.0828. The predicted molar refractivity (Wildman–Crippen MR) is 78.7 cm³/mol. The van der Waals surface area contributed by atoms with Gasteiger partial charge in [-0.15, -0.1) is 0 Å².